The molecule has 1 aliphatic heterocycles. The fourth-order valence-electron chi connectivity index (χ4n) is 3.08. The highest BCUT2D eigenvalue weighted by Gasteiger charge is 2.26. The smallest absolute Gasteiger partial charge is 0.151 e. The summed E-state index contributed by atoms with van der Waals surface area (Å²) in [6.45, 7) is 3.15. The molecule has 0 bridgehead atoms. The summed E-state index contributed by atoms with van der Waals surface area (Å²) in [5, 5.41) is 0. The van der Waals surface area contributed by atoms with Crippen LogP contribution in [0.3, 0.4) is 0 Å². The van der Waals surface area contributed by atoms with Crippen molar-refractivity contribution in [2.24, 2.45) is 0 Å². The molecule has 106 valence electrons. The fraction of sp³-hybridized carbons (Fsp3) is 0.500. The van der Waals surface area contributed by atoms with Crippen LogP contribution in [-0.4, -0.2) is 28.4 Å². The van der Waals surface area contributed by atoms with Crippen LogP contribution in [0.5, 0.6) is 0 Å². The minimum Gasteiger partial charge on any atom is -0.352 e. The van der Waals surface area contributed by atoms with Gasteiger partial charge < -0.3 is 4.90 Å². The largest absolute Gasteiger partial charge is 0.352 e. The molecule has 0 spiro atoms. The number of rotatable bonds is 4. The molecule has 0 amide bonds. The quantitative estimate of drug-likeness (QED) is 0.799. The van der Waals surface area contributed by atoms with Gasteiger partial charge in [-0.1, -0.05) is 12.1 Å². The SMILES string of the molecule is Cc1nc2ccccc2nc1N1CCCC1CCCCl. The normalized spacial score (nSPS) is 18.9. The van der Waals surface area contributed by atoms with Gasteiger partial charge in [-0.25, -0.2) is 9.97 Å². The van der Waals surface area contributed by atoms with E-state index in [9.17, 15) is 0 Å². The average Bonchev–Trinajstić information content (AvgIpc) is 2.92. The molecule has 1 saturated heterocycles. The van der Waals surface area contributed by atoms with Crippen molar-refractivity contribution in [1.29, 1.82) is 0 Å². The first-order chi connectivity index (χ1) is 9.79. The first-order valence-electron chi connectivity index (χ1n) is 7.35. The highest BCUT2D eigenvalue weighted by Crippen LogP contribution is 2.29. The molecule has 0 aliphatic carbocycles. The molecule has 1 unspecified atom stereocenters. The van der Waals surface area contributed by atoms with E-state index in [0.29, 0.717) is 6.04 Å². The first kappa shape index (κ1) is 13.6. The molecule has 0 N–H and O–H groups in total. The van der Waals surface area contributed by atoms with E-state index in [0.717, 1.165) is 47.8 Å². The van der Waals surface area contributed by atoms with Gasteiger partial charge in [-0.05, 0) is 44.7 Å². The van der Waals surface area contributed by atoms with Crippen LogP contribution < -0.4 is 4.90 Å². The Kier molecular flexibility index (Phi) is 4.06. The maximum Gasteiger partial charge on any atom is 0.151 e. The number of hydrogen-bond donors (Lipinski definition) is 0. The highest BCUT2D eigenvalue weighted by molar-refractivity contribution is 6.17. The number of fused-ring (bicyclic) bond motifs is 1. The molecule has 20 heavy (non-hydrogen) atoms. The van der Waals surface area contributed by atoms with Gasteiger partial charge in [0.1, 0.15) is 0 Å². The summed E-state index contributed by atoms with van der Waals surface area (Å²) in [5.74, 6) is 1.80. The third kappa shape index (κ3) is 2.59. The molecular weight excluding hydrogens is 270 g/mol. The van der Waals surface area contributed by atoms with E-state index in [-0.39, 0.29) is 0 Å². The van der Waals surface area contributed by atoms with Crippen LogP contribution in [-0.2, 0) is 0 Å². The molecule has 1 aliphatic rings. The fourth-order valence-corrected chi connectivity index (χ4v) is 3.23. The number of anilines is 1. The van der Waals surface area contributed by atoms with Gasteiger partial charge in [0.2, 0.25) is 0 Å². The van der Waals surface area contributed by atoms with Gasteiger partial charge in [-0.15, -0.1) is 11.6 Å². The minimum atomic E-state index is 0.572. The molecule has 3 nitrogen and oxygen atoms in total. The molecular formula is C16H20ClN3. The third-order valence-electron chi connectivity index (χ3n) is 4.04. The summed E-state index contributed by atoms with van der Waals surface area (Å²) in [6.07, 6.45) is 4.70. The Balaban J connectivity index is 1.94. The Labute approximate surface area is 125 Å². The van der Waals surface area contributed by atoms with Gasteiger partial charge in [0, 0.05) is 18.5 Å². The summed E-state index contributed by atoms with van der Waals surface area (Å²) < 4.78 is 0. The summed E-state index contributed by atoms with van der Waals surface area (Å²) in [4.78, 5) is 12.0. The second-order valence-electron chi connectivity index (χ2n) is 5.44. The summed E-state index contributed by atoms with van der Waals surface area (Å²) in [7, 11) is 0. The number of aryl methyl sites for hydroxylation is 1. The van der Waals surface area contributed by atoms with Crippen LogP contribution >= 0.6 is 11.6 Å². The standard InChI is InChI=1S/C16H20ClN3/c1-12-16(19-15-9-3-2-8-14(15)18-12)20-11-5-7-13(20)6-4-10-17/h2-3,8-9,13H,4-7,10-11H2,1H3. The minimum absolute atomic E-state index is 0.572. The van der Waals surface area contributed by atoms with E-state index in [2.05, 4.69) is 11.8 Å². The van der Waals surface area contributed by atoms with Crippen LogP contribution in [0.4, 0.5) is 5.82 Å². The Bertz CT molecular complexity index is 599. The lowest BCUT2D eigenvalue weighted by Crippen LogP contribution is -2.31. The molecule has 2 aromatic rings. The van der Waals surface area contributed by atoms with Crippen molar-refractivity contribution < 1.29 is 0 Å². The molecule has 0 saturated carbocycles. The zero-order valence-corrected chi connectivity index (χ0v) is 12.6. The molecule has 2 heterocycles. The number of benzene rings is 1. The number of aromatic nitrogens is 2. The monoisotopic (exact) mass is 289 g/mol. The van der Waals surface area contributed by atoms with Crippen LogP contribution in [0.25, 0.3) is 11.0 Å². The maximum absolute atomic E-state index is 5.84. The van der Waals surface area contributed by atoms with Crippen LogP contribution in [0.15, 0.2) is 24.3 Å². The molecule has 1 fully saturated rings. The Morgan fingerprint density at radius 3 is 2.75 bits per heavy atom. The van der Waals surface area contributed by atoms with Crippen molar-refractivity contribution in [2.45, 2.75) is 38.6 Å². The van der Waals surface area contributed by atoms with E-state index < -0.39 is 0 Å². The number of halogens is 1. The lowest BCUT2D eigenvalue weighted by atomic mass is 10.1. The topological polar surface area (TPSA) is 29.0 Å². The zero-order chi connectivity index (χ0) is 13.9. The van der Waals surface area contributed by atoms with E-state index in [1.54, 1.807) is 0 Å². The van der Waals surface area contributed by atoms with Gasteiger partial charge in [0.15, 0.2) is 5.82 Å². The van der Waals surface area contributed by atoms with E-state index in [4.69, 9.17) is 21.6 Å². The Morgan fingerprint density at radius 2 is 2.00 bits per heavy atom. The maximum atomic E-state index is 5.84. The van der Waals surface area contributed by atoms with Gasteiger partial charge >= 0.3 is 0 Å². The van der Waals surface area contributed by atoms with Crippen molar-refractivity contribution in [3.8, 4) is 0 Å². The summed E-state index contributed by atoms with van der Waals surface area (Å²) in [6, 6.07) is 8.66. The Morgan fingerprint density at radius 1 is 1.25 bits per heavy atom. The second-order valence-corrected chi connectivity index (χ2v) is 5.82. The molecule has 4 heteroatoms. The van der Waals surface area contributed by atoms with Crippen molar-refractivity contribution in [2.75, 3.05) is 17.3 Å². The second kappa shape index (κ2) is 5.96. The lowest BCUT2D eigenvalue weighted by molar-refractivity contribution is 0.597. The predicted molar refractivity (Wildman–Crippen MR) is 84.6 cm³/mol. The van der Waals surface area contributed by atoms with Gasteiger partial charge in [0.25, 0.3) is 0 Å². The third-order valence-corrected chi connectivity index (χ3v) is 4.31. The van der Waals surface area contributed by atoms with Crippen LogP contribution in [0.1, 0.15) is 31.4 Å². The van der Waals surface area contributed by atoms with Crippen molar-refractivity contribution in [3.05, 3.63) is 30.0 Å². The molecule has 1 aromatic carbocycles. The van der Waals surface area contributed by atoms with Gasteiger partial charge in [-0.2, -0.15) is 0 Å². The van der Waals surface area contributed by atoms with Crippen molar-refractivity contribution in [3.63, 3.8) is 0 Å². The molecule has 1 aromatic heterocycles. The zero-order valence-electron chi connectivity index (χ0n) is 11.8. The number of para-hydroxylation sites is 2. The predicted octanol–water partition coefficient (Wildman–Crippen LogP) is 3.93. The van der Waals surface area contributed by atoms with Crippen LogP contribution in [0, 0.1) is 6.92 Å². The molecule has 1 atom stereocenters. The number of alkyl halides is 1. The molecule has 3 rings (SSSR count). The van der Waals surface area contributed by atoms with E-state index in [1.165, 1.54) is 12.8 Å². The first-order valence-corrected chi connectivity index (χ1v) is 7.89. The number of nitrogens with zero attached hydrogens (tertiary/aromatic N) is 3. The van der Waals surface area contributed by atoms with Crippen LogP contribution in [0.2, 0.25) is 0 Å². The molecule has 0 radical (unpaired) electrons. The van der Waals surface area contributed by atoms with E-state index in [1.807, 2.05) is 24.3 Å². The van der Waals surface area contributed by atoms with E-state index >= 15 is 0 Å². The Hall–Kier alpha value is -1.35. The lowest BCUT2D eigenvalue weighted by Gasteiger charge is -2.26. The van der Waals surface area contributed by atoms with Crippen molar-refractivity contribution in [1.82, 2.24) is 9.97 Å². The van der Waals surface area contributed by atoms with Gasteiger partial charge in [-0.3, -0.25) is 0 Å². The van der Waals surface area contributed by atoms with Crippen molar-refractivity contribution >= 4 is 28.5 Å². The highest BCUT2D eigenvalue weighted by atomic mass is 35.5. The summed E-state index contributed by atoms with van der Waals surface area (Å²) >= 11 is 5.84. The average molecular weight is 290 g/mol. The number of hydrogen-bond acceptors (Lipinski definition) is 3. The van der Waals surface area contributed by atoms with Gasteiger partial charge in [0.05, 0.1) is 16.7 Å². The summed E-state index contributed by atoms with van der Waals surface area (Å²) in [5.41, 5.74) is 2.99.